The smallest absolute Gasteiger partial charge is 0.279 e. The molecule has 27 heavy (non-hydrogen) atoms. The number of carbonyl (C=O) groups excluding carboxylic acids is 3. The summed E-state index contributed by atoms with van der Waals surface area (Å²) in [7, 11) is 0. The topological polar surface area (TPSA) is 78.5 Å². The summed E-state index contributed by atoms with van der Waals surface area (Å²) in [5.74, 6) is -0.620. The maximum Gasteiger partial charge on any atom is 0.279 e. The van der Waals surface area contributed by atoms with Gasteiger partial charge in [-0.3, -0.25) is 25.2 Å². The predicted octanol–water partition coefficient (Wildman–Crippen LogP) is 2.82. The number of nitrogens with one attached hydrogen (secondary N) is 2. The minimum Gasteiger partial charge on any atom is -0.342 e. The molecule has 1 aromatic rings. The van der Waals surface area contributed by atoms with Crippen molar-refractivity contribution in [2.75, 3.05) is 13.1 Å². The molecule has 1 aromatic heterocycles. The largest absolute Gasteiger partial charge is 0.342 e. The molecule has 1 aliphatic carbocycles. The van der Waals surface area contributed by atoms with Crippen molar-refractivity contribution in [3.05, 3.63) is 21.4 Å². The van der Waals surface area contributed by atoms with Crippen LogP contribution in [0.4, 0.5) is 0 Å². The second kappa shape index (κ2) is 9.35. The van der Waals surface area contributed by atoms with Crippen LogP contribution in [0.1, 0.15) is 72.0 Å². The fourth-order valence-electron chi connectivity index (χ4n) is 3.85. The van der Waals surface area contributed by atoms with Crippen LogP contribution in [0, 0.1) is 5.92 Å². The zero-order valence-corrected chi connectivity index (χ0v) is 16.8. The van der Waals surface area contributed by atoms with Crippen LogP contribution in [0.3, 0.4) is 0 Å². The quantitative estimate of drug-likeness (QED) is 0.612. The monoisotopic (exact) mass is 391 g/mol. The Morgan fingerprint density at radius 3 is 2.78 bits per heavy atom. The molecule has 2 heterocycles. The summed E-state index contributed by atoms with van der Waals surface area (Å²) in [6, 6.07) is 1.97. The SMILES string of the molecule is CCCC(=O)N1CCCC(C(=O)NNC(=O)c2cc3c(s2)CCCCC3)C1. The third-order valence-corrected chi connectivity index (χ3v) is 6.61. The van der Waals surface area contributed by atoms with Gasteiger partial charge < -0.3 is 4.90 Å². The van der Waals surface area contributed by atoms with Crippen LogP contribution in [0.2, 0.25) is 0 Å². The summed E-state index contributed by atoms with van der Waals surface area (Å²) in [5.41, 5.74) is 6.41. The molecule has 0 radical (unpaired) electrons. The number of nitrogens with zero attached hydrogens (tertiary/aromatic N) is 1. The summed E-state index contributed by atoms with van der Waals surface area (Å²) >= 11 is 1.54. The molecule has 0 spiro atoms. The number of likely N-dealkylation sites (tertiary alicyclic amines) is 1. The van der Waals surface area contributed by atoms with Gasteiger partial charge in [0.05, 0.1) is 10.8 Å². The molecule has 1 atom stereocenters. The van der Waals surface area contributed by atoms with Crippen LogP contribution in [0.15, 0.2) is 6.07 Å². The Morgan fingerprint density at radius 2 is 1.96 bits per heavy atom. The van der Waals surface area contributed by atoms with Crippen molar-refractivity contribution in [2.24, 2.45) is 5.92 Å². The lowest BCUT2D eigenvalue weighted by atomic mass is 9.97. The van der Waals surface area contributed by atoms with Gasteiger partial charge in [-0.05, 0) is 56.6 Å². The highest BCUT2D eigenvalue weighted by Gasteiger charge is 2.28. The van der Waals surface area contributed by atoms with Gasteiger partial charge in [0.25, 0.3) is 5.91 Å². The minimum absolute atomic E-state index is 0.110. The molecule has 0 aromatic carbocycles. The first-order chi connectivity index (χ1) is 13.1. The molecule has 0 bridgehead atoms. The van der Waals surface area contributed by atoms with Crippen molar-refractivity contribution < 1.29 is 14.4 Å². The number of rotatable bonds is 4. The maximum absolute atomic E-state index is 12.4. The first-order valence-electron chi connectivity index (χ1n) is 10.1. The molecule has 148 valence electrons. The van der Waals surface area contributed by atoms with Crippen LogP contribution < -0.4 is 10.9 Å². The lowest BCUT2D eigenvalue weighted by molar-refractivity contribution is -0.136. The number of thiophene rings is 1. The first kappa shape index (κ1) is 19.9. The van der Waals surface area contributed by atoms with E-state index in [0.717, 1.165) is 38.6 Å². The highest BCUT2D eigenvalue weighted by Crippen LogP contribution is 2.28. The Kier molecular flexibility index (Phi) is 6.88. The maximum atomic E-state index is 12.4. The number of piperidine rings is 1. The van der Waals surface area contributed by atoms with E-state index in [0.29, 0.717) is 17.8 Å². The third-order valence-electron chi connectivity index (χ3n) is 5.38. The van der Waals surface area contributed by atoms with Gasteiger partial charge in [0.15, 0.2) is 0 Å². The molecule has 6 nitrogen and oxygen atoms in total. The molecule has 3 rings (SSSR count). The van der Waals surface area contributed by atoms with Gasteiger partial charge in [-0.1, -0.05) is 13.3 Å². The first-order valence-corrected chi connectivity index (χ1v) is 10.9. The van der Waals surface area contributed by atoms with E-state index in [1.807, 2.05) is 13.0 Å². The molecule has 3 amide bonds. The van der Waals surface area contributed by atoms with Crippen LogP contribution in [0.5, 0.6) is 0 Å². The van der Waals surface area contributed by atoms with Gasteiger partial charge in [-0.2, -0.15) is 0 Å². The number of amides is 3. The van der Waals surface area contributed by atoms with Gasteiger partial charge in [0.2, 0.25) is 11.8 Å². The van der Waals surface area contributed by atoms with Crippen LogP contribution in [-0.2, 0) is 22.4 Å². The van der Waals surface area contributed by atoms with E-state index in [4.69, 9.17) is 0 Å². The fourth-order valence-corrected chi connectivity index (χ4v) is 5.00. The van der Waals surface area contributed by atoms with E-state index >= 15 is 0 Å². The molecule has 0 saturated carbocycles. The normalized spacial score (nSPS) is 19.7. The van der Waals surface area contributed by atoms with Crippen molar-refractivity contribution in [3.63, 3.8) is 0 Å². The second-order valence-electron chi connectivity index (χ2n) is 7.49. The van der Waals surface area contributed by atoms with Gasteiger partial charge in [-0.15, -0.1) is 11.3 Å². The number of fused-ring (bicyclic) bond motifs is 1. The summed E-state index contributed by atoms with van der Waals surface area (Å²) in [4.78, 5) is 40.7. The standard InChI is InChI=1S/C20H29N3O3S/c1-2-7-18(24)23-11-6-9-15(13-23)19(25)21-22-20(26)17-12-14-8-4-3-5-10-16(14)27-17/h12,15H,2-11,13H2,1H3,(H,21,25)(H,22,26). The van der Waals surface area contributed by atoms with E-state index in [9.17, 15) is 14.4 Å². The van der Waals surface area contributed by atoms with Crippen molar-refractivity contribution in [3.8, 4) is 0 Å². The second-order valence-corrected chi connectivity index (χ2v) is 8.63. The Hall–Kier alpha value is -1.89. The summed E-state index contributed by atoms with van der Waals surface area (Å²) in [6.07, 6.45) is 8.58. The van der Waals surface area contributed by atoms with Crippen molar-refractivity contribution >= 4 is 29.1 Å². The van der Waals surface area contributed by atoms with Crippen molar-refractivity contribution in [1.29, 1.82) is 0 Å². The number of hydrazine groups is 1. The number of aryl methyl sites for hydroxylation is 2. The molecule has 1 fully saturated rings. The van der Waals surface area contributed by atoms with E-state index < -0.39 is 0 Å². The summed E-state index contributed by atoms with van der Waals surface area (Å²) < 4.78 is 0. The van der Waals surface area contributed by atoms with Gasteiger partial charge in [-0.25, -0.2) is 0 Å². The van der Waals surface area contributed by atoms with Crippen molar-refractivity contribution in [1.82, 2.24) is 15.8 Å². The minimum atomic E-state index is -0.264. The molecule has 7 heteroatoms. The summed E-state index contributed by atoms with van der Waals surface area (Å²) in [6.45, 7) is 3.13. The molecule has 2 N–H and O–H groups in total. The molecular weight excluding hydrogens is 362 g/mol. The van der Waals surface area contributed by atoms with Crippen LogP contribution >= 0.6 is 11.3 Å². The predicted molar refractivity (Wildman–Crippen MR) is 105 cm³/mol. The Morgan fingerprint density at radius 1 is 1.15 bits per heavy atom. The zero-order chi connectivity index (χ0) is 19.2. The van der Waals surface area contributed by atoms with Crippen molar-refractivity contribution in [2.45, 2.75) is 64.7 Å². The Labute approximate surface area is 164 Å². The molecule has 1 saturated heterocycles. The molecule has 2 aliphatic rings. The lowest BCUT2D eigenvalue weighted by Crippen LogP contribution is -2.49. The Balaban J connectivity index is 1.51. The fraction of sp³-hybridized carbons (Fsp3) is 0.650. The zero-order valence-electron chi connectivity index (χ0n) is 16.0. The number of hydrogen-bond acceptors (Lipinski definition) is 4. The Bertz CT molecular complexity index is 677. The van der Waals surface area contributed by atoms with Crippen LogP contribution in [0.25, 0.3) is 0 Å². The van der Waals surface area contributed by atoms with E-state index in [1.54, 1.807) is 4.90 Å². The molecular formula is C20H29N3O3S. The average Bonchev–Trinajstić information content (AvgIpc) is 2.96. The lowest BCUT2D eigenvalue weighted by Gasteiger charge is -2.32. The molecule has 1 aliphatic heterocycles. The highest BCUT2D eigenvalue weighted by atomic mass is 32.1. The summed E-state index contributed by atoms with van der Waals surface area (Å²) in [5, 5.41) is 0. The third kappa shape index (κ3) is 5.09. The highest BCUT2D eigenvalue weighted by molar-refractivity contribution is 7.14. The number of hydrogen-bond donors (Lipinski definition) is 2. The van der Waals surface area contributed by atoms with E-state index in [1.165, 1.54) is 41.0 Å². The van der Waals surface area contributed by atoms with Crippen LogP contribution in [-0.4, -0.2) is 35.7 Å². The van der Waals surface area contributed by atoms with Gasteiger partial charge >= 0.3 is 0 Å². The van der Waals surface area contributed by atoms with Gasteiger partial charge in [0.1, 0.15) is 0 Å². The number of carbonyl (C=O) groups is 3. The average molecular weight is 392 g/mol. The van der Waals surface area contributed by atoms with E-state index in [2.05, 4.69) is 10.9 Å². The van der Waals surface area contributed by atoms with Gasteiger partial charge in [0, 0.05) is 24.4 Å². The van der Waals surface area contributed by atoms with E-state index in [-0.39, 0.29) is 23.6 Å². The molecule has 1 unspecified atom stereocenters.